The zero-order valence-corrected chi connectivity index (χ0v) is 7.31. The topological polar surface area (TPSA) is 86.6 Å². The van der Waals surface area contributed by atoms with Crippen molar-refractivity contribution in [3.8, 4) is 0 Å². The second kappa shape index (κ2) is 26.5. The molecular weight excluding hydrogens is 176 g/mol. The van der Waals surface area contributed by atoms with Crippen molar-refractivity contribution in [2.75, 3.05) is 13.6 Å². The van der Waals surface area contributed by atoms with Crippen molar-refractivity contribution >= 4 is 45.5 Å². The van der Waals surface area contributed by atoms with Crippen LogP contribution in [-0.2, 0) is 0 Å². The summed E-state index contributed by atoms with van der Waals surface area (Å²) in [6.07, 6.45) is 0. The van der Waals surface area contributed by atoms with E-state index in [9.17, 15) is 0 Å². The van der Waals surface area contributed by atoms with Gasteiger partial charge >= 0.3 is 45.5 Å². The molecule has 0 aromatic carbocycles. The quantitative estimate of drug-likeness (QED) is 0.297. The molecule has 0 atom stereocenters. The van der Waals surface area contributed by atoms with E-state index in [0.717, 1.165) is 0 Å². The third kappa shape index (κ3) is 119. The van der Waals surface area contributed by atoms with Gasteiger partial charge in [0.1, 0.15) is 0 Å². The summed E-state index contributed by atoms with van der Waals surface area (Å²) in [7, 11) is 0. The first kappa shape index (κ1) is 15.8. The maximum atomic E-state index is 8.49. The van der Waals surface area contributed by atoms with Crippen LogP contribution < -0.4 is 10.2 Å². The minimum Gasteiger partial charge on any atom is -0.834 e. The van der Waals surface area contributed by atoms with Gasteiger partial charge in [0.25, 0.3) is 0 Å². The molecule has 0 saturated carbocycles. The Morgan fingerprint density at radius 2 is 1.00 bits per heavy atom. The number of hydrogen-bond donors (Lipinski definition) is 2. The summed E-state index contributed by atoms with van der Waals surface area (Å²) in [4.78, 5) is 0. The van der Waals surface area contributed by atoms with E-state index in [0.29, 0.717) is 0 Å². The van der Waals surface area contributed by atoms with E-state index in [4.69, 9.17) is 20.4 Å². The van der Waals surface area contributed by atoms with E-state index < -0.39 is 13.6 Å². The van der Waals surface area contributed by atoms with Crippen molar-refractivity contribution in [3.05, 3.63) is 0 Å². The second-order valence-corrected chi connectivity index (χ2v) is 0.258. The summed E-state index contributed by atoms with van der Waals surface area (Å²) in [5.74, 6) is 0. The summed E-state index contributed by atoms with van der Waals surface area (Å²) in [6, 6.07) is 0. The molecule has 0 fully saturated rings. The van der Waals surface area contributed by atoms with Crippen LogP contribution in [0.2, 0.25) is 0 Å². The summed E-state index contributed by atoms with van der Waals surface area (Å²) < 4.78 is 0. The zero-order chi connectivity index (χ0) is 5.41. The van der Waals surface area contributed by atoms with Crippen LogP contribution in [0.25, 0.3) is 0 Å². The van der Waals surface area contributed by atoms with Crippen LogP contribution in [0.3, 0.4) is 0 Å². The van der Waals surface area contributed by atoms with E-state index in [1.165, 1.54) is 0 Å². The van der Waals surface area contributed by atoms with Crippen LogP contribution in [0, 0.1) is 0 Å². The molecule has 0 saturated heterocycles. The molecule has 4 nitrogen and oxygen atoms in total. The van der Waals surface area contributed by atoms with E-state index in [-0.39, 0.29) is 45.5 Å². The molecule has 2 N–H and O–H groups in total. The minimum atomic E-state index is -1.00. The molecule has 0 rings (SSSR count). The third-order valence-electron chi connectivity index (χ3n) is 0. The van der Waals surface area contributed by atoms with Gasteiger partial charge in [0.05, 0.1) is 0 Å². The van der Waals surface area contributed by atoms with Crippen molar-refractivity contribution in [2.24, 2.45) is 0 Å². The number of aliphatic hydroxyl groups excluding tert-OH is 2. The van der Waals surface area contributed by atoms with E-state index in [1.807, 2.05) is 0 Å². The van der Waals surface area contributed by atoms with Crippen LogP contribution in [0.4, 0.5) is 0 Å². The first-order chi connectivity index (χ1) is 2.83. The predicted octanol–water partition coefficient (Wildman–Crippen LogP) is -3.79. The third-order valence-corrected chi connectivity index (χ3v) is 0. The Bertz CT molecular complexity index is 11.7. The van der Waals surface area contributed by atoms with Gasteiger partial charge in [0.2, 0.25) is 0 Å². The van der Waals surface area contributed by atoms with Gasteiger partial charge in [-0.05, 0) is 13.6 Å². The molecule has 0 aliphatic carbocycles. The molecule has 0 aliphatic heterocycles. The fraction of sp³-hybridized carbons (Fsp3) is 1.00. The van der Waals surface area contributed by atoms with Gasteiger partial charge in [-0.25, -0.2) is 0 Å². The zero-order valence-electron chi connectivity index (χ0n) is 3.83. The van der Waals surface area contributed by atoms with Gasteiger partial charge in [-0.1, -0.05) is 0 Å². The van der Waals surface area contributed by atoms with Crippen molar-refractivity contribution in [2.45, 2.75) is 0 Å². The van der Waals surface area contributed by atoms with Crippen molar-refractivity contribution in [1.82, 2.24) is 0 Å². The smallest absolute Gasteiger partial charge is 0.834 e. The van der Waals surface area contributed by atoms with Crippen molar-refractivity contribution < 1.29 is 20.4 Å². The molecule has 0 aliphatic rings. The normalized spacial score (nSPS) is 5.14. The molecular formula is C2H6O4Sr. The average Bonchev–Trinajstić information content (AvgIpc) is 1.39. The number of rotatable bonds is 0. The Labute approximate surface area is 78.7 Å². The molecule has 0 bridgehead atoms. The Morgan fingerprint density at radius 1 is 1.00 bits per heavy atom. The minimum absolute atomic E-state index is 0. The Morgan fingerprint density at radius 3 is 1.00 bits per heavy atom. The fourth-order valence-corrected chi connectivity index (χ4v) is 0. The average molecular weight is 182 g/mol. The van der Waals surface area contributed by atoms with E-state index in [1.54, 1.807) is 0 Å². The van der Waals surface area contributed by atoms with Crippen LogP contribution in [-0.4, -0.2) is 69.3 Å². The van der Waals surface area contributed by atoms with E-state index in [2.05, 4.69) is 0 Å². The Hall–Kier alpha value is 1.32. The standard InChI is InChI=1S/2CH3O2.Sr/c2*2-1-3;/h2*2H,1H2;/q2*-1;+2. The van der Waals surface area contributed by atoms with Crippen LogP contribution in [0.1, 0.15) is 0 Å². The summed E-state index contributed by atoms with van der Waals surface area (Å²) in [5, 5.41) is 31.0. The molecule has 0 unspecified atom stereocenters. The Kier molecular flexibility index (Phi) is 59.7. The van der Waals surface area contributed by atoms with Gasteiger partial charge in [0, 0.05) is 0 Å². The molecule has 0 aromatic heterocycles. The van der Waals surface area contributed by atoms with Gasteiger partial charge in [-0.3, -0.25) is 0 Å². The maximum absolute atomic E-state index is 8.49. The molecule has 0 amide bonds. The number of hydrogen-bond acceptors (Lipinski definition) is 4. The fourth-order valence-electron chi connectivity index (χ4n) is 0. The summed E-state index contributed by atoms with van der Waals surface area (Å²) in [6.45, 7) is -2.00. The SMILES string of the molecule is [O-]CO.[O-]CO.[Sr+2]. The van der Waals surface area contributed by atoms with Crippen LogP contribution in [0.15, 0.2) is 0 Å². The number of aliphatic hydroxyl groups is 2. The van der Waals surface area contributed by atoms with Crippen molar-refractivity contribution in [1.29, 1.82) is 0 Å². The van der Waals surface area contributed by atoms with Gasteiger partial charge in [-0.2, -0.15) is 0 Å². The predicted molar refractivity (Wildman–Crippen MR) is 19.9 cm³/mol. The van der Waals surface area contributed by atoms with Gasteiger partial charge < -0.3 is 20.4 Å². The first-order valence-corrected chi connectivity index (χ1v) is 1.21. The maximum Gasteiger partial charge on any atom is 2.00 e. The largest absolute Gasteiger partial charge is 2.00 e. The monoisotopic (exact) mass is 182 g/mol. The van der Waals surface area contributed by atoms with Gasteiger partial charge in [0.15, 0.2) is 0 Å². The van der Waals surface area contributed by atoms with Crippen molar-refractivity contribution in [3.63, 3.8) is 0 Å². The Balaban J connectivity index is -0.0000000400. The van der Waals surface area contributed by atoms with E-state index >= 15 is 0 Å². The van der Waals surface area contributed by atoms with Gasteiger partial charge in [-0.15, -0.1) is 0 Å². The molecule has 0 spiro atoms. The molecule has 0 heterocycles. The first-order valence-electron chi connectivity index (χ1n) is 1.21. The molecule has 0 aromatic rings. The molecule has 0 radical (unpaired) electrons. The van der Waals surface area contributed by atoms with Crippen LogP contribution >= 0.6 is 0 Å². The molecule has 40 valence electrons. The second-order valence-electron chi connectivity index (χ2n) is 0.258. The molecule has 7 heavy (non-hydrogen) atoms. The van der Waals surface area contributed by atoms with Crippen LogP contribution in [0.5, 0.6) is 0 Å². The molecule has 5 heteroatoms. The summed E-state index contributed by atoms with van der Waals surface area (Å²) in [5.41, 5.74) is 0. The summed E-state index contributed by atoms with van der Waals surface area (Å²) >= 11 is 0.